The van der Waals surface area contributed by atoms with Crippen LogP contribution in [0.5, 0.6) is 5.75 Å². The molecule has 154 valence electrons. The molecule has 0 saturated carbocycles. The quantitative estimate of drug-likeness (QED) is 0.293. The fraction of sp³-hybridized carbons (Fsp3) is 0.385. The lowest BCUT2D eigenvalue weighted by Crippen LogP contribution is -2.11. The Kier molecular flexibility index (Phi) is 8.27. The summed E-state index contributed by atoms with van der Waals surface area (Å²) in [6.45, 7) is 5.27. The van der Waals surface area contributed by atoms with Gasteiger partial charge < -0.3 is 4.74 Å². The van der Waals surface area contributed by atoms with Gasteiger partial charge in [0.25, 0.3) is 0 Å². The molecule has 0 aliphatic rings. The van der Waals surface area contributed by atoms with Gasteiger partial charge in [0.05, 0.1) is 6.61 Å². The Hall–Kier alpha value is -1.70. The highest BCUT2D eigenvalue weighted by Gasteiger charge is 2.14. The maximum absolute atomic E-state index is 6.31. The molecular formula is C26H30Cl2O. The van der Waals surface area contributed by atoms with E-state index in [0.29, 0.717) is 17.7 Å². The Morgan fingerprint density at radius 3 is 2.34 bits per heavy atom. The van der Waals surface area contributed by atoms with E-state index in [0.717, 1.165) is 40.9 Å². The zero-order valence-electron chi connectivity index (χ0n) is 17.4. The standard InChI is InChI=1S/C26H30Cl2O/c1-3-5-8-19(4-2)18-29-26-14-13-23(22-9-6-7-10-24(22)26)25-15-20(16-27)11-12-21(25)17-28/h6-7,9-15,19H,3-5,8,16-18H2,1-2H3. The molecule has 0 aliphatic carbocycles. The maximum atomic E-state index is 6.31. The monoisotopic (exact) mass is 428 g/mol. The largest absolute Gasteiger partial charge is 0.493 e. The Labute approximate surface area is 185 Å². The molecule has 29 heavy (non-hydrogen) atoms. The van der Waals surface area contributed by atoms with E-state index < -0.39 is 0 Å². The van der Waals surface area contributed by atoms with Crippen LogP contribution >= 0.6 is 23.2 Å². The number of unbranched alkanes of at least 4 members (excludes halogenated alkanes) is 1. The van der Waals surface area contributed by atoms with Gasteiger partial charge in [0, 0.05) is 17.1 Å². The second kappa shape index (κ2) is 10.9. The Morgan fingerprint density at radius 2 is 1.66 bits per heavy atom. The molecule has 3 aromatic rings. The van der Waals surface area contributed by atoms with Crippen molar-refractivity contribution in [3.63, 3.8) is 0 Å². The summed E-state index contributed by atoms with van der Waals surface area (Å²) in [5.74, 6) is 2.53. The van der Waals surface area contributed by atoms with Crippen LogP contribution in [0.3, 0.4) is 0 Å². The third-order valence-corrected chi connectivity index (χ3v) is 6.26. The molecule has 0 aromatic heterocycles. The van der Waals surface area contributed by atoms with E-state index in [-0.39, 0.29) is 0 Å². The van der Waals surface area contributed by atoms with Gasteiger partial charge in [0.1, 0.15) is 5.75 Å². The van der Waals surface area contributed by atoms with Gasteiger partial charge >= 0.3 is 0 Å². The number of rotatable bonds is 10. The Balaban J connectivity index is 1.98. The van der Waals surface area contributed by atoms with Crippen LogP contribution in [0.25, 0.3) is 21.9 Å². The molecular weight excluding hydrogens is 399 g/mol. The fourth-order valence-electron chi connectivity index (χ4n) is 3.81. The predicted molar refractivity (Wildman–Crippen MR) is 127 cm³/mol. The van der Waals surface area contributed by atoms with Crippen LogP contribution in [-0.2, 0) is 11.8 Å². The molecule has 1 atom stereocenters. The summed E-state index contributed by atoms with van der Waals surface area (Å²) in [7, 11) is 0. The number of hydrogen-bond donors (Lipinski definition) is 0. The first-order valence-electron chi connectivity index (χ1n) is 10.6. The van der Waals surface area contributed by atoms with Gasteiger partial charge in [0.15, 0.2) is 0 Å². The minimum Gasteiger partial charge on any atom is -0.493 e. The second-order valence-electron chi connectivity index (χ2n) is 7.64. The smallest absolute Gasteiger partial charge is 0.127 e. The first-order valence-corrected chi connectivity index (χ1v) is 11.7. The minimum absolute atomic E-state index is 0.472. The summed E-state index contributed by atoms with van der Waals surface area (Å²) >= 11 is 12.3. The molecule has 0 saturated heterocycles. The lowest BCUT2D eigenvalue weighted by molar-refractivity contribution is 0.235. The first-order chi connectivity index (χ1) is 14.2. The van der Waals surface area contributed by atoms with Gasteiger partial charge in [-0.15, -0.1) is 23.2 Å². The number of halogens is 2. The van der Waals surface area contributed by atoms with Crippen molar-refractivity contribution in [2.45, 2.75) is 51.3 Å². The summed E-state index contributed by atoms with van der Waals surface area (Å²) in [6.07, 6.45) is 4.88. The molecule has 0 aliphatic heterocycles. The molecule has 0 heterocycles. The van der Waals surface area contributed by atoms with E-state index in [9.17, 15) is 0 Å². The van der Waals surface area contributed by atoms with Gasteiger partial charge in [-0.1, -0.05) is 75.6 Å². The molecule has 1 unspecified atom stereocenters. The van der Waals surface area contributed by atoms with Gasteiger partial charge in [0.2, 0.25) is 0 Å². The van der Waals surface area contributed by atoms with Crippen LogP contribution in [0.15, 0.2) is 54.6 Å². The van der Waals surface area contributed by atoms with Crippen LogP contribution in [0, 0.1) is 5.92 Å². The summed E-state index contributed by atoms with van der Waals surface area (Å²) in [4.78, 5) is 0. The van der Waals surface area contributed by atoms with Crippen molar-refractivity contribution in [1.29, 1.82) is 0 Å². The molecule has 0 radical (unpaired) electrons. The normalized spacial score (nSPS) is 12.3. The van der Waals surface area contributed by atoms with Gasteiger partial charge in [-0.25, -0.2) is 0 Å². The van der Waals surface area contributed by atoms with Gasteiger partial charge in [-0.2, -0.15) is 0 Å². The molecule has 0 bridgehead atoms. The highest BCUT2D eigenvalue weighted by Crippen LogP contribution is 2.37. The van der Waals surface area contributed by atoms with Gasteiger partial charge in [-0.05, 0) is 52.1 Å². The lowest BCUT2D eigenvalue weighted by atomic mass is 9.93. The van der Waals surface area contributed by atoms with E-state index in [1.165, 1.54) is 30.2 Å². The third kappa shape index (κ3) is 5.27. The van der Waals surface area contributed by atoms with Crippen LogP contribution in [0.1, 0.15) is 50.7 Å². The zero-order valence-corrected chi connectivity index (χ0v) is 18.9. The maximum Gasteiger partial charge on any atom is 0.127 e. The van der Waals surface area contributed by atoms with E-state index in [1.807, 2.05) is 0 Å². The second-order valence-corrected chi connectivity index (χ2v) is 8.18. The summed E-state index contributed by atoms with van der Waals surface area (Å²) in [5, 5.41) is 2.33. The number of benzene rings is 3. The fourth-order valence-corrected chi connectivity index (χ4v) is 4.21. The van der Waals surface area contributed by atoms with Crippen molar-refractivity contribution in [2.75, 3.05) is 6.61 Å². The van der Waals surface area contributed by atoms with E-state index in [4.69, 9.17) is 27.9 Å². The predicted octanol–water partition coefficient (Wildman–Crippen LogP) is 8.58. The Morgan fingerprint density at radius 1 is 0.862 bits per heavy atom. The van der Waals surface area contributed by atoms with Crippen molar-refractivity contribution in [2.24, 2.45) is 5.92 Å². The van der Waals surface area contributed by atoms with Crippen LogP contribution in [0.4, 0.5) is 0 Å². The van der Waals surface area contributed by atoms with Crippen LogP contribution < -0.4 is 4.74 Å². The highest BCUT2D eigenvalue weighted by atomic mass is 35.5. The molecule has 0 spiro atoms. The number of ether oxygens (including phenoxy) is 1. The molecule has 3 rings (SSSR count). The lowest BCUT2D eigenvalue weighted by Gasteiger charge is -2.18. The van der Waals surface area contributed by atoms with E-state index in [1.54, 1.807) is 0 Å². The summed E-state index contributed by atoms with van der Waals surface area (Å²) in [5.41, 5.74) is 4.54. The minimum atomic E-state index is 0.472. The molecule has 0 amide bonds. The molecule has 1 nitrogen and oxygen atoms in total. The highest BCUT2D eigenvalue weighted by molar-refractivity contribution is 6.18. The molecule has 3 heteroatoms. The van der Waals surface area contributed by atoms with Crippen LogP contribution in [0.2, 0.25) is 0 Å². The summed E-state index contributed by atoms with van der Waals surface area (Å²) in [6, 6.07) is 19.0. The average molecular weight is 429 g/mol. The number of fused-ring (bicyclic) bond motifs is 1. The van der Waals surface area contributed by atoms with Crippen LogP contribution in [-0.4, -0.2) is 6.61 Å². The number of hydrogen-bond acceptors (Lipinski definition) is 1. The molecule has 3 aromatic carbocycles. The molecule has 0 fully saturated rings. The van der Waals surface area contributed by atoms with Crippen molar-refractivity contribution in [3.05, 3.63) is 65.7 Å². The first kappa shape index (κ1) is 22.0. The topological polar surface area (TPSA) is 9.23 Å². The van der Waals surface area contributed by atoms with E-state index in [2.05, 4.69) is 68.4 Å². The van der Waals surface area contributed by atoms with Gasteiger partial charge in [-0.3, -0.25) is 0 Å². The number of alkyl halides is 2. The van der Waals surface area contributed by atoms with Crippen molar-refractivity contribution in [3.8, 4) is 16.9 Å². The van der Waals surface area contributed by atoms with Crippen molar-refractivity contribution < 1.29 is 4.74 Å². The third-order valence-electron chi connectivity index (χ3n) is 5.66. The van der Waals surface area contributed by atoms with Crippen molar-refractivity contribution >= 4 is 34.0 Å². The zero-order chi connectivity index (χ0) is 20.6. The SMILES string of the molecule is CCCCC(CC)COc1ccc(-c2cc(CCl)ccc2CCl)c2ccccc12. The average Bonchev–Trinajstić information content (AvgIpc) is 2.78. The summed E-state index contributed by atoms with van der Waals surface area (Å²) < 4.78 is 6.31. The molecule has 0 N–H and O–H groups in total. The van der Waals surface area contributed by atoms with E-state index >= 15 is 0 Å². The van der Waals surface area contributed by atoms with Crippen molar-refractivity contribution in [1.82, 2.24) is 0 Å². The Bertz CT molecular complexity index is 935.